The molecular formula is C33H33ClFN3O6S. The summed E-state index contributed by atoms with van der Waals surface area (Å²) in [5.74, 6) is -1.10. The number of aliphatic hydroxyl groups excluding tert-OH is 1. The number of benzene rings is 4. The highest BCUT2D eigenvalue weighted by Crippen LogP contribution is 2.21. The number of ether oxygens (including phenoxy) is 1. The number of aliphatic hydroxyl groups is 1. The second-order valence-corrected chi connectivity index (χ2v) is 12.2. The highest BCUT2D eigenvalue weighted by atomic mass is 35.5. The van der Waals surface area contributed by atoms with E-state index in [0.717, 1.165) is 23.3 Å². The molecular weight excluding hydrogens is 621 g/mol. The molecule has 45 heavy (non-hydrogen) atoms. The molecule has 0 aromatic heterocycles. The largest absolute Gasteiger partial charge is 0.484 e. The Morgan fingerprint density at radius 1 is 0.889 bits per heavy atom. The van der Waals surface area contributed by atoms with Gasteiger partial charge in [0.15, 0.2) is 6.61 Å². The summed E-state index contributed by atoms with van der Waals surface area (Å²) in [6.45, 7) is -0.183. The molecule has 0 fully saturated rings. The van der Waals surface area contributed by atoms with Crippen LogP contribution in [0.5, 0.6) is 5.75 Å². The van der Waals surface area contributed by atoms with Gasteiger partial charge < -0.3 is 20.1 Å². The van der Waals surface area contributed by atoms with E-state index in [9.17, 15) is 27.5 Å². The van der Waals surface area contributed by atoms with Crippen molar-refractivity contribution in [1.82, 2.24) is 10.2 Å². The van der Waals surface area contributed by atoms with Crippen molar-refractivity contribution in [2.75, 3.05) is 24.5 Å². The first kappa shape index (κ1) is 33.4. The molecule has 9 nitrogen and oxygen atoms in total. The van der Waals surface area contributed by atoms with Crippen LogP contribution >= 0.6 is 11.6 Å². The van der Waals surface area contributed by atoms with Gasteiger partial charge in [-0.25, -0.2) is 12.8 Å². The summed E-state index contributed by atoms with van der Waals surface area (Å²) in [5.41, 5.74) is 1.80. The van der Waals surface area contributed by atoms with E-state index in [1.807, 2.05) is 30.3 Å². The molecule has 236 valence electrons. The minimum absolute atomic E-state index is 0.0580. The summed E-state index contributed by atoms with van der Waals surface area (Å²) in [6.07, 6.45) is 0.599. The SMILES string of the molecule is O=C(NCCCO)C(Cc1ccccc1)N(Cc1ccc(Cl)cc1)C(=O)COc1ccc(S(=O)(=O)Nc2ccc(F)cc2)cc1. The fourth-order valence-electron chi connectivity index (χ4n) is 4.42. The number of anilines is 1. The summed E-state index contributed by atoms with van der Waals surface area (Å²) in [6, 6.07) is 25.7. The van der Waals surface area contributed by atoms with E-state index in [4.69, 9.17) is 16.3 Å². The lowest BCUT2D eigenvalue weighted by Crippen LogP contribution is -2.51. The standard InChI is InChI=1S/C33H33ClFN3O6S/c34-26-9-7-25(8-10-26)22-38(31(33(41)36-19-4-20-39)21-24-5-2-1-3-6-24)32(40)23-44-29-15-17-30(18-16-29)45(42,43)37-28-13-11-27(35)12-14-28/h1-3,5-18,31,37,39H,4,19-23H2,(H,36,41). The Labute approximate surface area is 266 Å². The number of hydrogen-bond acceptors (Lipinski definition) is 6. The number of amides is 2. The molecule has 0 aliphatic carbocycles. The molecule has 0 spiro atoms. The van der Waals surface area contributed by atoms with Crippen LogP contribution in [0.25, 0.3) is 0 Å². The number of sulfonamides is 1. The second-order valence-electron chi connectivity index (χ2n) is 10.1. The van der Waals surface area contributed by atoms with Crippen LogP contribution in [-0.2, 0) is 32.6 Å². The molecule has 0 aliphatic heterocycles. The number of nitrogens with zero attached hydrogens (tertiary/aromatic N) is 1. The second kappa shape index (κ2) is 16.0. The number of carbonyl (C=O) groups is 2. The van der Waals surface area contributed by atoms with Crippen molar-refractivity contribution in [3.63, 3.8) is 0 Å². The van der Waals surface area contributed by atoms with Crippen LogP contribution in [0.4, 0.5) is 10.1 Å². The zero-order valence-electron chi connectivity index (χ0n) is 24.2. The van der Waals surface area contributed by atoms with Crippen molar-refractivity contribution in [2.45, 2.75) is 30.3 Å². The monoisotopic (exact) mass is 653 g/mol. The smallest absolute Gasteiger partial charge is 0.261 e. The van der Waals surface area contributed by atoms with Crippen molar-refractivity contribution in [1.29, 1.82) is 0 Å². The van der Waals surface area contributed by atoms with Crippen LogP contribution in [0.1, 0.15) is 17.5 Å². The molecule has 12 heteroatoms. The quantitative estimate of drug-likeness (QED) is 0.158. The molecule has 3 N–H and O–H groups in total. The molecule has 0 saturated carbocycles. The molecule has 1 atom stereocenters. The third-order valence-electron chi connectivity index (χ3n) is 6.76. The molecule has 0 radical (unpaired) electrons. The number of rotatable bonds is 15. The van der Waals surface area contributed by atoms with E-state index < -0.39 is 34.4 Å². The Bertz CT molecular complexity index is 1660. The molecule has 0 aliphatic rings. The van der Waals surface area contributed by atoms with Gasteiger partial charge in [0.2, 0.25) is 5.91 Å². The highest BCUT2D eigenvalue weighted by molar-refractivity contribution is 7.92. The Morgan fingerprint density at radius 3 is 2.20 bits per heavy atom. The predicted molar refractivity (Wildman–Crippen MR) is 170 cm³/mol. The summed E-state index contributed by atoms with van der Waals surface area (Å²) < 4.78 is 46.8. The molecule has 0 saturated heterocycles. The fraction of sp³-hybridized carbons (Fsp3) is 0.212. The van der Waals surface area contributed by atoms with Crippen molar-refractivity contribution in [3.05, 3.63) is 125 Å². The molecule has 0 bridgehead atoms. The first-order chi connectivity index (χ1) is 21.6. The summed E-state index contributed by atoms with van der Waals surface area (Å²) in [5, 5.41) is 12.5. The van der Waals surface area contributed by atoms with Gasteiger partial charge in [-0.2, -0.15) is 0 Å². The average Bonchev–Trinajstić information content (AvgIpc) is 3.04. The van der Waals surface area contributed by atoms with E-state index in [2.05, 4.69) is 10.0 Å². The molecule has 2 amide bonds. The lowest BCUT2D eigenvalue weighted by Gasteiger charge is -2.31. The molecule has 4 aromatic rings. The van der Waals surface area contributed by atoms with Crippen LogP contribution < -0.4 is 14.8 Å². The first-order valence-corrected chi connectivity index (χ1v) is 16.0. The lowest BCUT2D eigenvalue weighted by molar-refractivity contribution is -0.142. The van der Waals surface area contributed by atoms with Crippen LogP contribution in [-0.4, -0.2) is 56.0 Å². The van der Waals surface area contributed by atoms with Gasteiger partial charge >= 0.3 is 0 Å². The minimum Gasteiger partial charge on any atom is -0.484 e. The van der Waals surface area contributed by atoms with E-state index >= 15 is 0 Å². The zero-order valence-corrected chi connectivity index (χ0v) is 25.8. The summed E-state index contributed by atoms with van der Waals surface area (Å²) >= 11 is 6.06. The summed E-state index contributed by atoms with van der Waals surface area (Å²) in [4.78, 5) is 28.5. The number of hydrogen-bond donors (Lipinski definition) is 3. The van der Waals surface area contributed by atoms with Gasteiger partial charge in [0, 0.05) is 36.8 Å². The third kappa shape index (κ3) is 10.0. The topological polar surface area (TPSA) is 125 Å². The van der Waals surface area contributed by atoms with Crippen molar-refractivity contribution in [3.8, 4) is 5.75 Å². The molecule has 4 aromatic carbocycles. The van der Waals surface area contributed by atoms with Crippen LogP contribution in [0.2, 0.25) is 5.02 Å². The Balaban J connectivity index is 1.52. The van der Waals surface area contributed by atoms with Gasteiger partial charge in [-0.3, -0.25) is 14.3 Å². The Morgan fingerprint density at radius 2 is 1.56 bits per heavy atom. The highest BCUT2D eigenvalue weighted by Gasteiger charge is 2.30. The van der Waals surface area contributed by atoms with Gasteiger partial charge in [-0.05, 0) is 78.2 Å². The van der Waals surface area contributed by atoms with E-state index in [1.165, 1.54) is 41.3 Å². The van der Waals surface area contributed by atoms with Crippen molar-refractivity contribution in [2.24, 2.45) is 0 Å². The maximum absolute atomic E-state index is 13.7. The van der Waals surface area contributed by atoms with Gasteiger partial charge in [0.25, 0.3) is 15.9 Å². The lowest BCUT2D eigenvalue weighted by atomic mass is 10.0. The molecule has 4 rings (SSSR count). The van der Waals surface area contributed by atoms with E-state index in [0.29, 0.717) is 11.4 Å². The fourth-order valence-corrected chi connectivity index (χ4v) is 5.61. The summed E-state index contributed by atoms with van der Waals surface area (Å²) in [7, 11) is -3.96. The maximum atomic E-state index is 13.7. The maximum Gasteiger partial charge on any atom is 0.261 e. The first-order valence-electron chi connectivity index (χ1n) is 14.1. The third-order valence-corrected chi connectivity index (χ3v) is 8.41. The average molecular weight is 654 g/mol. The van der Waals surface area contributed by atoms with Gasteiger partial charge in [0.05, 0.1) is 4.90 Å². The van der Waals surface area contributed by atoms with Gasteiger partial charge in [0.1, 0.15) is 17.6 Å². The molecule has 0 heterocycles. The predicted octanol–water partition coefficient (Wildman–Crippen LogP) is 4.80. The zero-order chi connectivity index (χ0) is 32.2. The number of nitrogens with one attached hydrogen (secondary N) is 2. The Hall–Kier alpha value is -4.45. The van der Waals surface area contributed by atoms with Crippen LogP contribution in [0, 0.1) is 5.82 Å². The number of carbonyl (C=O) groups excluding carboxylic acids is 2. The normalized spacial score (nSPS) is 11.8. The van der Waals surface area contributed by atoms with Crippen LogP contribution in [0.15, 0.2) is 108 Å². The van der Waals surface area contributed by atoms with Crippen molar-refractivity contribution >= 4 is 39.1 Å². The van der Waals surface area contributed by atoms with E-state index in [1.54, 1.807) is 24.3 Å². The van der Waals surface area contributed by atoms with E-state index in [-0.39, 0.29) is 48.4 Å². The number of halogens is 2. The minimum atomic E-state index is -3.96. The van der Waals surface area contributed by atoms with Crippen molar-refractivity contribution < 1.29 is 32.2 Å². The molecule has 1 unspecified atom stereocenters. The van der Waals surface area contributed by atoms with Gasteiger partial charge in [-0.1, -0.05) is 54.1 Å². The van der Waals surface area contributed by atoms with Crippen LogP contribution in [0.3, 0.4) is 0 Å². The van der Waals surface area contributed by atoms with Gasteiger partial charge in [-0.15, -0.1) is 0 Å². The Kier molecular flexibility index (Phi) is 11.9.